The highest BCUT2D eigenvalue weighted by Crippen LogP contribution is 2.32. The van der Waals surface area contributed by atoms with Gasteiger partial charge in [0, 0.05) is 4.90 Å². The van der Waals surface area contributed by atoms with Crippen LogP contribution in [0.5, 0.6) is 11.5 Å². The highest BCUT2D eigenvalue weighted by atomic mass is 32.2. The van der Waals surface area contributed by atoms with E-state index in [9.17, 15) is 0 Å². The van der Waals surface area contributed by atoms with Gasteiger partial charge < -0.3 is 4.74 Å². The summed E-state index contributed by atoms with van der Waals surface area (Å²) in [6.45, 7) is 0. The first kappa shape index (κ1) is 11.6. The van der Waals surface area contributed by atoms with Crippen LogP contribution < -0.4 is 4.74 Å². The van der Waals surface area contributed by atoms with Gasteiger partial charge >= 0.3 is 0 Å². The van der Waals surface area contributed by atoms with Gasteiger partial charge in [-0.3, -0.25) is 0 Å². The summed E-state index contributed by atoms with van der Waals surface area (Å²) in [5, 5.41) is 8.99. The van der Waals surface area contributed by atoms with E-state index >= 15 is 0 Å². The van der Waals surface area contributed by atoms with E-state index in [1.165, 1.54) is 0 Å². The average molecular weight is 241 g/mol. The van der Waals surface area contributed by atoms with Gasteiger partial charge in [-0.1, -0.05) is 24.3 Å². The first-order valence-corrected chi connectivity index (χ1v) is 6.37. The molecule has 0 bridgehead atoms. The predicted molar refractivity (Wildman–Crippen MR) is 69.5 cm³/mol. The van der Waals surface area contributed by atoms with E-state index in [-0.39, 0.29) is 0 Å². The first-order chi connectivity index (χ1) is 8.35. The second kappa shape index (κ2) is 5.42. The van der Waals surface area contributed by atoms with Crippen LogP contribution in [0.1, 0.15) is 5.56 Å². The summed E-state index contributed by atoms with van der Waals surface area (Å²) in [6.07, 6.45) is 2.00. The lowest BCUT2D eigenvalue weighted by molar-refractivity contribution is 0.469. The zero-order chi connectivity index (χ0) is 12.1. The molecule has 0 unspecified atom stereocenters. The highest BCUT2D eigenvalue weighted by molar-refractivity contribution is 7.98. The molecule has 0 spiro atoms. The Labute approximate surface area is 105 Å². The van der Waals surface area contributed by atoms with E-state index < -0.39 is 0 Å². The topological polar surface area (TPSA) is 33.0 Å². The number of nitriles is 1. The standard InChI is InChI=1S/C14H11NOS/c1-17-14-9-5-4-8-13(14)16-12-7-3-2-6-11(12)10-15/h2-9H,1H3. The van der Waals surface area contributed by atoms with Crippen molar-refractivity contribution in [2.24, 2.45) is 0 Å². The largest absolute Gasteiger partial charge is 0.455 e. The van der Waals surface area contributed by atoms with Crippen molar-refractivity contribution in [3.05, 3.63) is 54.1 Å². The summed E-state index contributed by atoms with van der Waals surface area (Å²) >= 11 is 1.62. The van der Waals surface area contributed by atoms with E-state index in [2.05, 4.69) is 6.07 Å². The lowest BCUT2D eigenvalue weighted by Crippen LogP contribution is -1.89. The van der Waals surface area contributed by atoms with Crippen LogP contribution in [0.4, 0.5) is 0 Å². The Kier molecular flexibility index (Phi) is 3.69. The number of benzene rings is 2. The Balaban J connectivity index is 2.35. The molecule has 17 heavy (non-hydrogen) atoms. The number of para-hydroxylation sites is 2. The maximum absolute atomic E-state index is 8.99. The minimum atomic E-state index is 0.545. The summed E-state index contributed by atoms with van der Waals surface area (Å²) in [4.78, 5) is 1.06. The molecule has 0 aliphatic carbocycles. The number of rotatable bonds is 3. The number of thioether (sulfide) groups is 1. The van der Waals surface area contributed by atoms with Crippen LogP contribution in [0, 0.1) is 11.3 Å². The van der Waals surface area contributed by atoms with Crippen molar-refractivity contribution in [3.8, 4) is 17.6 Å². The minimum Gasteiger partial charge on any atom is -0.455 e. The molecule has 2 aromatic rings. The summed E-state index contributed by atoms with van der Waals surface area (Å²) in [7, 11) is 0. The third-order valence-corrected chi connectivity index (χ3v) is 3.07. The van der Waals surface area contributed by atoms with Gasteiger partial charge in [0.15, 0.2) is 0 Å². The van der Waals surface area contributed by atoms with Crippen LogP contribution in [0.25, 0.3) is 0 Å². The Hall–Kier alpha value is -1.92. The molecule has 0 aromatic heterocycles. The summed E-state index contributed by atoms with van der Waals surface area (Å²) in [5.41, 5.74) is 0.545. The van der Waals surface area contributed by atoms with Crippen LogP contribution in [0.2, 0.25) is 0 Å². The van der Waals surface area contributed by atoms with Crippen LogP contribution in [0.15, 0.2) is 53.4 Å². The Morgan fingerprint density at radius 3 is 2.35 bits per heavy atom. The third-order valence-electron chi connectivity index (χ3n) is 2.30. The maximum atomic E-state index is 8.99. The Bertz CT molecular complexity index is 560. The molecule has 0 N–H and O–H groups in total. The fourth-order valence-corrected chi connectivity index (χ4v) is 2.00. The van der Waals surface area contributed by atoms with Gasteiger partial charge in [-0.05, 0) is 30.5 Å². The quantitative estimate of drug-likeness (QED) is 0.759. The van der Waals surface area contributed by atoms with Crippen LogP contribution in [-0.2, 0) is 0 Å². The average Bonchev–Trinajstić information content (AvgIpc) is 2.40. The molecule has 2 rings (SSSR count). The Morgan fingerprint density at radius 1 is 1.00 bits per heavy atom. The zero-order valence-corrected chi connectivity index (χ0v) is 10.2. The van der Waals surface area contributed by atoms with Crippen molar-refractivity contribution in [3.63, 3.8) is 0 Å². The fourth-order valence-electron chi connectivity index (χ4n) is 1.47. The molecule has 3 heteroatoms. The van der Waals surface area contributed by atoms with Crippen molar-refractivity contribution in [1.82, 2.24) is 0 Å². The molecule has 2 aromatic carbocycles. The molecule has 84 valence electrons. The van der Waals surface area contributed by atoms with Crippen molar-refractivity contribution in [2.45, 2.75) is 4.90 Å². The predicted octanol–water partition coefficient (Wildman–Crippen LogP) is 4.07. The third kappa shape index (κ3) is 2.61. The highest BCUT2D eigenvalue weighted by Gasteiger charge is 2.06. The fraction of sp³-hybridized carbons (Fsp3) is 0.0714. The van der Waals surface area contributed by atoms with Crippen molar-refractivity contribution < 1.29 is 4.74 Å². The van der Waals surface area contributed by atoms with Crippen LogP contribution >= 0.6 is 11.8 Å². The molecule has 0 heterocycles. The molecule has 0 atom stereocenters. The summed E-state index contributed by atoms with van der Waals surface area (Å²) in [5.74, 6) is 1.37. The molecule has 0 amide bonds. The van der Waals surface area contributed by atoms with E-state index in [4.69, 9.17) is 10.00 Å². The lowest BCUT2D eigenvalue weighted by Gasteiger charge is -2.10. The molecule has 0 fully saturated rings. The number of nitrogens with zero attached hydrogens (tertiary/aromatic N) is 1. The summed E-state index contributed by atoms with van der Waals surface area (Å²) in [6, 6.07) is 17.1. The first-order valence-electron chi connectivity index (χ1n) is 5.15. The van der Waals surface area contributed by atoms with E-state index in [0.717, 1.165) is 10.6 Å². The maximum Gasteiger partial charge on any atom is 0.145 e. The van der Waals surface area contributed by atoms with Gasteiger partial charge in [0.05, 0.1) is 5.56 Å². The molecule has 0 radical (unpaired) electrons. The van der Waals surface area contributed by atoms with Crippen molar-refractivity contribution in [2.75, 3.05) is 6.26 Å². The molecule has 0 aliphatic rings. The van der Waals surface area contributed by atoms with Gasteiger partial charge in [0.25, 0.3) is 0 Å². The van der Waals surface area contributed by atoms with Gasteiger partial charge in [0.2, 0.25) is 0 Å². The zero-order valence-electron chi connectivity index (χ0n) is 9.38. The molecule has 0 saturated heterocycles. The molecular formula is C14H11NOS. The number of ether oxygens (including phenoxy) is 1. The molecule has 0 saturated carbocycles. The number of hydrogen-bond donors (Lipinski definition) is 0. The SMILES string of the molecule is CSc1ccccc1Oc1ccccc1C#N. The van der Waals surface area contributed by atoms with Gasteiger partial charge in [-0.15, -0.1) is 11.8 Å². The minimum absolute atomic E-state index is 0.545. The van der Waals surface area contributed by atoms with Crippen LogP contribution in [0.3, 0.4) is 0 Å². The van der Waals surface area contributed by atoms with Gasteiger partial charge in [0.1, 0.15) is 17.6 Å². The van der Waals surface area contributed by atoms with E-state index in [1.807, 2.05) is 42.7 Å². The lowest BCUT2D eigenvalue weighted by atomic mass is 10.2. The second-order valence-corrected chi connectivity index (χ2v) is 4.21. The van der Waals surface area contributed by atoms with E-state index in [0.29, 0.717) is 11.3 Å². The second-order valence-electron chi connectivity index (χ2n) is 3.36. The normalized spacial score (nSPS) is 9.65. The van der Waals surface area contributed by atoms with Crippen molar-refractivity contribution >= 4 is 11.8 Å². The van der Waals surface area contributed by atoms with E-state index in [1.54, 1.807) is 23.9 Å². The smallest absolute Gasteiger partial charge is 0.145 e. The Morgan fingerprint density at radius 2 is 1.65 bits per heavy atom. The number of hydrogen-bond acceptors (Lipinski definition) is 3. The van der Waals surface area contributed by atoms with Crippen LogP contribution in [-0.4, -0.2) is 6.26 Å². The molecule has 2 nitrogen and oxygen atoms in total. The summed E-state index contributed by atoms with van der Waals surface area (Å²) < 4.78 is 5.78. The monoisotopic (exact) mass is 241 g/mol. The molecule has 0 aliphatic heterocycles. The van der Waals surface area contributed by atoms with Crippen molar-refractivity contribution in [1.29, 1.82) is 5.26 Å². The van der Waals surface area contributed by atoms with Gasteiger partial charge in [-0.25, -0.2) is 0 Å². The molecular weight excluding hydrogens is 230 g/mol. The van der Waals surface area contributed by atoms with Gasteiger partial charge in [-0.2, -0.15) is 5.26 Å².